The van der Waals surface area contributed by atoms with Crippen LogP contribution in [0, 0.1) is 0 Å². The van der Waals surface area contributed by atoms with Gasteiger partial charge in [-0.15, -0.1) is 0 Å². The number of hydrogen-bond donors (Lipinski definition) is 2. The van der Waals surface area contributed by atoms with Gasteiger partial charge in [-0.3, -0.25) is 4.79 Å². The van der Waals surface area contributed by atoms with Crippen LogP contribution in [0.15, 0.2) is 36.4 Å². The number of rotatable bonds is 8. The summed E-state index contributed by atoms with van der Waals surface area (Å²) in [6.45, 7) is 0. The maximum atomic E-state index is 13.1. The van der Waals surface area contributed by atoms with E-state index in [2.05, 4.69) is 9.88 Å². The molecule has 0 saturated heterocycles. The number of nitrogens with zero attached hydrogens (tertiary/aromatic N) is 2. The lowest BCUT2D eigenvalue weighted by atomic mass is 9.95. The van der Waals surface area contributed by atoms with Crippen LogP contribution in [0.4, 0.5) is 0 Å². The monoisotopic (exact) mass is 477 g/mol. The molecule has 1 unspecified atom stereocenters. The second-order valence-corrected chi connectivity index (χ2v) is 9.47. The van der Waals surface area contributed by atoms with E-state index in [4.69, 9.17) is 14.5 Å². The van der Waals surface area contributed by atoms with Crippen molar-refractivity contribution in [1.29, 1.82) is 0 Å². The highest BCUT2D eigenvalue weighted by molar-refractivity contribution is 5.99. The van der Waals surface area contributed by atoms with Crippen LogP contribution in [-0.2, 0) is 4.79 Å². The molecule has 8 heteroatoms. The molecule has 2 aliphatic carbocycles. The first-order valence-electron chi connectivity index (χ1n) is 12.3. The van der Waals surface area contributed by atoms with Crippen LogP contribution >= 0.6 is 0 Å². The van der Waals surface area contributed by atoms with E-state index in [-0.39, 0.29) is 0 Å². The minimum absolute atomic E-state index is 0.389. The minimum atomic E-state index is -1.24. The lowest BCUT2D eigenvalue weighted by molar-refractivity contribution is -0.139. The van der Waals surface area contributed by atoms with Gasteiger partial charge in [0, 0.05) is 17.5 Å². The fourth-order valence-electron chi connectivity index (χ4n) is 5.15. The Morgan fingerprint density at radius 1 is 1.00 bits per heavy atom. The fourth-order valence-corrected chi connectivity index (χ4v) is 5.15. The molecule has 2 saturated carbocycles. The summed E-state index contributed by atoms with van der Waals surface area (Å²) in [5, 5.41) is 12.5. The lowest BCUT2D eigenvalue weighted by Gasteiger charge is -2.25. The topological polar surface area (TPSA) is 103 Å². The van der Waals surface area contributed by atoms with Crippen LogP contribution in [-0.4, -0.2) is 40.8 Å². The number of ether oxygens (including phenoxy) is 2. The first-order valence-corrected chi connectivity index (χ1v) is 12.3. The molecule has 0 bridgehead atoms. The van der Waals surface area contributed by atoms with Crippen molar-refractivity contribution in [3.63, 3.8) is 0 Å². The smallest absolute Gasteiger partial charge is 0.330 e. The molecule has 1 heterocycles. The molecule has 35 heavy (non-hydrogen) atoms. The summed E-state index contributed by atoms with van der Waals surface area (Å²) < 4.78 is 12.9. The van der Waals surface area contributed by atoms with Gasteiger partial charge in [0.1, 0.15) is 5.82 Å². The third kappa shape index (κ3) is 4.57. The highest BCUT2D eigenvalue weighted by Crippen LogP contribution is 2.44. The number of imidazole rings is 1. The Morgan fingerprint density at radius 2 is 1.74 bits per heavy atom. The number of carbonyl (C=O) groups is 2. The van der Waals surface area contributed by atoms with E-state index in [9.17, 15) is 14.7 Å². The van der Waals surface area contributed by atoms with Crippen molar-refractivity contribution in [2.24, 2.45) is 0 Å². The lowest BCUT2D eigenvalue weighted by Crippen LogP contribution is -2.33. The van der Waals surface area contributed by atoms with E-state index in [1.807, 2.05) is 6.07 Å². The number of benzene rings is 2. The maximum Gasteiger partial charge on any atom is 0.330 e. The first-order chi connectivity index (χ1) is 17.0. The van der Waals surface area contributed by atoms with Crippen molar-refractivity contribution in [2.75, 3.05) is 14.2 Å². The molecule has 5 rings (SSSR count). The largest absolute Gasteiger partial charge is 0.493 e. The van der Waals surface area contributed by atoms with Crippen molar-refractivity contribution in [3.8, 4) is 11.5 Å². The zero-order valence-corrected chi connectivity index (χ0v) is 20.1. The number of fused-ring (bicyclic) bond motifs is 1. The van der Waals surface area contributed by atoms with Crippen LogP contribution in [0.2, 0.25) is 0 Å². The van der Waals surface area contributed by atoms with E-state index in [1.165, 1.54) is 46.3 Å². The van der Waals surface area contributed by atoms with Gasteiger partial charge < -0.3 is 24.5 Å². The summed E-state index contributed by atoms with van der Waals surface area (Å²) in [7, 11) is 2.99. The number of hydrogen-bond acceptors (Lipinski definition) is 5. The molecule has 0 aliphatic heterocycles. The van der Waals surface area contributed by atoms with Gasteiger partial charge in [-0.05, 0) is 61.6 Å². The number of carboxylic acids is 1. The van der Waals surface area contributed by atoms with E-state index in [0.29, 0.717) is 34.6 Å². The second kappa shape index (κ2) is 9.60. The van der Waals surface area contributed by atoms with Crippen LogP contribution in [0.25, 0.3) is 11.0 Å². The molecule has 2 aliphatic rings. The Labute approximate surface area is 204 Å². The van der Waals surface area contributed by atoms with Gasteiger partial charge in [0.15, 0.2) is 17.5 Å². The highest BCUT2D eigenvalue weighted by atomic mass is 16.5. The van der Waals surface area contributed by atoms with Crippen molar-refractivity contribution >= 4 is 22.9 Å². The van der Waals surface area contributed by atoms with Crippen LogP contribution in [0.1, 0.15) is 84.7 Å². The Morgan fingerprint density at radius 3 is 2.40 bits per heavy atom. The molecule has 1 amide bonds. The van der Waals surface area contributed by atoms with E-state index < -0.39 is 17.9 Å². The zero-order chi connectivity index (χ0) is 24.5. The molecule has 2 aromatic carbocycles. The number of aliphatic carboxylic acids is 1. The summed E-state index contributed by atoms with van der Waals surface area (Å²) in [4.78, 5) is 30.1. The molecule has 2 N–H and O–H groups in total. The van der Waals surface area contributed by atoms with Gasteiger partial charge in [0.2, 0.25) is 0 Å². The minimum Gasteiger partial charge on any atom is -0.493 e. The van der Waals surface area contributed by atoms with Gasteiger partial charge in [0.05, 0.1) is 25.3 Å². The molecule has 1 atom stereocenters. The van der Waals surface area contributed by atoms with Gasteiger partial charge in [-0.25, -0.2) is 9.78 Å². The van der Waals surface area contributed by atoms with Crippen molar-refractivity contribution in [1.82, 2.24) is 14.9 Å². The molecular formula is C27H31N3O5. The third-order valence-electron chi connectivity index (χ3n) is 7.12. The van der Waals surface area contributed by atoms with Crippen LogP contribution in [0.5, 0.6) is 11.5 Å². The molecule has 1 aromatic heterocycles. The standard InChI is InChI=1S/C27H31N3O5/c1-34-22-13-11-17(15-23(22)35-2)24(27(32)33)29-26(31)18-10-12-21-20(14-18)28-25(16-8-9-16)30(21)19-6-4-3-5-7-19/h10-16,19,24H,3-9H2,1-2H3,(H,29,31)(H,32,33). The molecule has 2 fully saturated rings. The average Bonchev–Trinajstić information content (AvgIpc) is 3.66. The van der Waals surface area contributed by atoms with Crippen molar-refractivity contribution in [3.05, 3.63) is 53.3 Å². The summed E-state index contributed by atoms with van der Waals surface area (Å²) in [5.41, 5.74) is 2.63. The summed E-state index contributed by atoms with van der Waals surface area (Å²) in [6.07, 6.45) is 8.42. The number of nitrogens with one attached hydrogen (secondary N) is 1. The fraction of sp³-hybridized carbons (Fsp3) is 0.444. The zero-order valence-electron chi connectivity index (χ0n) is 20.1. The summed E-state index contributed by atoms with van der Waals surface area (Å²) in [5.74, 6) is 0.893. The molecule has 8 nitrogen and oxygen atoms in total. The molecule has 3 aromatic rings. The molecule has 184 valence electrons. The normalized spacial score (nSPS) is 17.2. The maximum absolute atomic E-state index is 13.1. The van der Waals surface area contributed by atoms with Gasteiger partial charge in [-0.2, -0.15) is 0 Å². The number of carbonyl (C=O) groups excluding carboxylic acids is 1. The Hall–Kier alpha value is -3.55. The van der Waals surface area contributed by atoms with Crippen molar-refractivity contribution in [2.45, 2.75) is 62.9 Å². The molecule has 0 radical (unpaired) electrons. The third-order valence-corrected chi connectivity index (χ3v) is 7.12. The molecule has 0 spiro atoms. The Bertz CT molecular complexity index is 1260. The van der Waals surface area contributed by atoms with E-state index >= 15 is 0 Å². The quantitative estimate of drug-likeness (QED) is 0.474. The number of methoxy groups -OCH3 is 2. The van der Waals surface area contributed by atoms with Crippen LogP contribution in [0.3, 0.4) is 0 Å². The van der Waals surface area contributed by atoms with Gasteiger partial charge >= 0.3 is 5.97 Å². The average molecular weight is 478 g/mol. The Balaban J connectivity index is 1.43. The van der Waals surface area contributed by atoms with E-state index in [0.717, 1.165) is 29.7 Å². The van der Waals surface area contributed by atoms with Crippen molar-refractivity contribution < 1.29 is 24.2 Å². The SMILES string of the molecule is COc1ccc(C(NC(=O)c2ccc3c(c2)nc(C2CC2)n3C2CCCCC2)C(=O)O)cc1OC. The van der Waals surface area contributed by atoms with Gasteiger partial charge in [0.25, 0.3) is 5.91 Å². The number of carboxylic acid groups (broad SMARTS) is 1. The second-order valence-electron chi connectivity index (χ2n) is 9.47. The number of aromatic nitrogens is 2. The first kappa shape index (κ1) is 23.2. The Kier molecular flexibility index (Phi) is 6.36. The predicted octanol–water partition coefficient (Wildman–Crippen LogP) is 4.99. The summed E-state index contributed by atoms with van der Waals surface area (Å²) >= 11 is 0. The summed E-state index contributed by atoms with van der Waals surface area (Å²) in [6, 6.07) is 9.53. The number of amides is 1. The highest BCUT2D eigenvalue weighted by Gasteiger charge is 2.32. The van der Waals surface area contributed by atoms with Gasteiger partial charge in [-0.1, -0.05) is 25.3 Å². The van der Waals surface area contributed by atoms with E-state index in [1.54, 1.807) is 30.3 Å². The predicted molar refractivity (Wildman–Crippen MR) is 131 cm³/mol. The van der Waals surface area contributed by atoms with Crippen LogP contribution < -0.4 is 14.8 Å². The molecular weight excluding hydrogens is 446 g/mol.